The Morgan fingerprint density at radius 1 is 1.22 bits per heavy atom. The molecule has 0 unspecified atom stereocenters. The fraction of sp³-hybridized carbons (Fsp3) is 0.222. The van der Waals surface area contributed by atoms with Crippen LogP contribution in [-0.4, -0.2) is 17.9 Å². The van der Waals surface area contributed by atoms with Crippen molar-refractivity contribution in [2.75, 3.05) is 6.54 Å². The van der Waals surface area contributed by atoms with Gasteiger partial charge < -0.3 is 10.1 Å². The van der Waals surface area contributed by atoms with E-state index in [1.165, 1.54) is 5.56 Å². The Kier molecular flexibility index (Phi) is 6.56. The zero-order valence-corrected chi connectivity index (χ0v) is 14.2. The molecular formula is C18H22N3OS+. The molecule has 5 heteroatoms. The molecule has 4 nitrogen and oxygen atoms in total. The van der Waals surface area contributed by atoms with E-state index in [2.05, 4.69) is 41.0 Å². The van der Waals surface area contributed by atoms with Gasteiger partial charge in [-0.05, 0) is 43.8 Å². The van der Waals surface area contributed by atoms with Crippen molar-refractivity contribution in [3.05, 3.63) is 65.2 Å². The largest absolute Gasteiger partial charge is 0.488 e. The molecule has 2 aromatic carbocycles. The van der Waals surface area contributed by atoms with Gasteiger partial charge in [-0.15, -0.1) is 10.5 Å². The molecule has 3 N–H and O–H groups in total. The van der Waals surface area contributed by atoms with Crippen molar-refractivity contribution >= 4 is 23.5 Å². The molecule has 0 bridgehead atoms. The fourth-order valence-corrected chi connectivity index (χ4v) is 2.28. The first-order chi connectivity index (χ1) is 11.2. The molecule has 0 aliphatic heterocycles. The molecule has 0 aliphatic rings. The molecule has 0 saturated carbocycles. The summed E-state index contributed by atoms with van der Waals surface area (Å²) >= 11 is 5.09. The van der Waals surface area contributed by atoms with Gasteiger partial charge in [0.15, 0.2) is 0 Å². The molecular weight excluding hydrogens is 306 g/mol. The second kappa shape index (κ2) is 8.90. The standard InChI is InChI=1S/C18H21N3OS/c1-3-19-18(23)21-20-12-16-9-4-5-10-17(16)22-13-15-8-6-7-14(2)11-15/h4-12H,3,13H2,1-2H3,(H2,19,21,23)/p+1. The third kappa shape index (κ3) is 5.71. The van der Waals surface area contributed by atoms with Crippen LogP contribution in [0.2, 0.25) is 0 Å². The van der Waals surface area contributed by atoms with Crippen molar-refractivity contribution in [2.45, 2.75) is 20.5 Å². The number of ether oxygens (including phenoxy) is 1. The smallest absolute Gasteiger partial charge is 0.223 e. The van der Waals surface area contributed by atoms with E-state index in [-0.39, 0.29) is 0 Å². The Morgan fingerprint density at radius 2 is 2.04 bits per heavy atom. The molecule has 2 rings (SSSR count). The lowest BCUT2D eigenvalue weighted by Gasteiger charge is -2.08. The van der Waals surface area contributed by atoms with Crippen LogP contribution in [0.5, 0.6) is 5.75 Å². The number of hydrazine groups is 1. The first-order valence-corrected chi connectivity index (χ1v) is 8.00. The molecule has 0 aliphatic carbocycles. The molecule has 0 heterocycles. The Labute approximate surface area is 142 Å². The van der Waals surface area contributed by atoms with Crippen molar-refractivity contribution in [1.29, 1.82) is 0 Å². The quantitative estimate of drug-likeness (QED) is 0.427. The van der Waals surface area contributed by atoms with E-state index in [1.807, 2.05) is 43.5 Å². The number of thiocarbonyl (C=S) groups is 1. The Morgan fingerprint density at radius 3 is 2.83 bits per heavy atom. The van der Waals surface area contributed by atoms with Crippen LogP contribution in [0, 0.1) is 6.92 Å². The van der Waals surface area contributed by atoms with E-state index in [9.17, 15) is 0 Å². The van der Waals surface area contributed by atoms with Gasteiger partial charge in [-0.3, -0.25) is 0 Å². The van der Waals surface area contributed by atoms with Gasteiger partial charge in [-0.2, -0.15) is 0 Å². The number of hydrazone groups is 1. The molecule has 2 aromatic rings. The van der Waals surface area contributed by atoms with E-state index in [0.717, 1.165) is 23.4 Å². The van der Waals surface area contributed by atoms with Crippen molar-refractivity contribution in [1.82, 2.24) is 10.7 Å². The molecule has 0 aromatic heterocycles. The van der Waals surface area contributed by atoms with E-state index in [0.29, 0.717) is 11.7 Å². The van der Waals surface area contributed by atoms with Gasteiger partial charge in [-0.1, -0.05) is 42.0 Å². The van der Waals surface area contributed by atoms with Gasteiger partial charge in [0.25, 0.3) is 0 Å². The van der Waals surface area contributed by atoms with E-state index in [4.69, 9.17) is 17.0 Å². The average molecular weight is 328 g/mol. The van der Waals surface area contributed by atoms with Crippen LogP contribution in [0.4, 0.5) is 0 Å². The highest BCUT2D eigenvalue weighted by atomic mass is 32.1. The summed E-state index contributed by atoms with van der Waals surface area (Å²) in [7, 11) is 0. The maximum absolute atomic E-state index is 5.94. The lowest BCUT2D eigenvalue weighted by Crippen LogP contribution is -2.82. The van der Waals surface area contributed by atoms with Gasteiger partial charge in [0.2, 0.25) is 11.3 Å². The van der Waals surface area contributed by atoms with Crippen molar-refractivity contribution in [2.24, 2.45) is 0 Å². The summed E-state index contributed by atoms with van der Waals surface area (Å²) < 4.78 is 5.94. The summed E-state index contributed by atoms with van der Waals surface area (Å²) in [5, 5.41) is 6.54. The van der Waals surface area contributed by atoms with Gasteiger partial charge in [0.1, 0.15) is 12.4 Å². The molecule has 0 radical (unpaired) electrons. The number of aryl methyl sites for hydroxylation is 1. The number of nitrogens with one attached hydrogen (secondary N) is 3. The zero-order chi connectivity index (χ0) is 16.5. The van der Waals surface area contributed by atoms with Gasteiger partial charge in [-0.25, -0.2) is 0 Å². The Hall–Kier alpha value is -2.40. The third-order valence-electron chi connectivity index (χ3n) is 3.15. The first kappa shape index (κ1) is 17.0. The maximum atomic E-state index is 5.94. The zero-order valence-electron chi connectivity index (χ0n) is 13.4. The summed E-state index contributed by atoms with van der Waals surface area (Å²) in [5.74, 6) is 0.817. The second-order valence-electron chi connectivity index (χ2n) is 5.09. The third-order valence-corrected chi connectivity index (χ3v) is 3.39. The minimum Gasteiger partial charge on any atom is -0.488 e. The van der Waals surface area contributed by atoms with Crippen LogP contribution in [0.15, 0.2) is 48.5 Å². The number of benzene rings is 2. The lowest BCUT2D eigenvalue weighted by molar-refractivity contribution is -0.500. The van der Waals surface area contributed by atoms with Crippen LogP contribution in [0.3, 0.4) is 0 Å². The highest BCUT2D eigenvalue weighted by Crippen LogP contribution is 2.17. The molecule has 120 valence electrons. The highest BCUT2D eigenvalue weighted by Gasteiger charge is 2.04. The minimum atomic E-state index is 0.537. The number of hydrogen-bond donors (Lipinski definition) is 3. The van der Waals surface area contributed by atoms with Gasteiger partial charge >= 0.3 is 0 Å². The average Bonchev–Trinajstić information content (AvgIpc) is 2.54. The highest BCUT2D eigenvalue weighted by molar-refractivity contribution is 7.80. The molecule has 0 fully saturated rings. The molecule has 0 atom stereocenters. The fourth-order valence-electron chi connectivity index (χ4n) is 2.08. The van der Waals surface area contributed by atoms with Crippen molar-refractivity contribution in [3.63, 3.8) is 0 Å². The summed E-state index contributed by atoms with van der Waals surface area (Å²) in [4.78, 5) is 0. The van der Waals surface area contributed by atoms with Crippen LogP contribution < -0.4 is 20.6 Å². The van der Waals surface area contributed by atoms with Gasteiger partial charge in [0.05, 0.1) is 5.56 Å². The maximum Gasteiger partial charge on any atom is 0.223 e. The molecule has 23 heavy (non-hydrogen) atoms. The summed E-state index contributed by atoms with van der Waals surface area (Å²) in [6, 6.07) is 16.2. The lowest BCUT2D eigenvalue weighted by atomic mass is 10.1. The number of hydrogen-bond acceptors (Lipinski definition) is 2. The monoisotopic (exact) mass is 328 g/mol. The summed E-state index contributed by atoms with van der Waals surface area (Å²) in [6.07, 6.45) is 1.83. The number of rotatable bonds is 6. The molecule has 0 saturated heterocycles. The summed E-state index contributed by atoms with van der Waals surface area (Å²) in [5.41, 5.74) is 6.23. The predicted molar refractivity (Wildman–Crippen MR) is 97.5 cm³/mol. The molecule has 0 spiro atoms. The van der Waals surface area contributed by atoms with Crippen LogP contribution in [0.25, 0.3) is 0 Å². The van der Waals surface area contributed by atoms with Crippen LogP contribution >= 0.6 is 12.2 Å². The van der Waals surface area contributed by atoms with Gasteiger partial charge in [0, 0.05) is 6.54 Å². The first-order valence-electron chi connectivity index (χ1n) is 7.59. The second-order valence-corrected chi connectivity index (χ2v) is 5.50. The number of para-hydroxylation sites is 1. The van der Waals surface area contributed by atoms with Crippen LogP contribution in [0.1, 0.15) is 23.6 Å². The minimum absolute atomic E-state index is 0.537. The SMILES string of the molecule is CCNC(=S)N[NH+]=Cc1ccccc1OCc1cccc(C)c1. The van der Waals surface area contributed by atoms with E-state index >= 15 is 0 Å². The molecule has 0 amide bonds. The normalized spacial score (nSPS) is 10.5. The topological polar surface area (TPSA) is 47.3 Å². The van der Waals surface area contributed by atoms with Crippen LogP contribution in [-0.2, 0) is 6.61 Å². The summed E-state index contributed by atoms with van der Waals surface area (Å²) in [6.45, 7) is 5.39. The van der Waals surface area contributed by atoms with E-state index < -0.39 is 0 Å². The Balaban J connectivity index is 1.99. The van der Waals surface area contributed by atoms with Crippen molar-refractivity contribution < 1.29 is 9.84 Å². The van der Waals surface area contributed by atoms with Crippen molar-refractivity contribution in [3.8, 4) is 5.75 Å². The van der Waals surface area contributed by atoms with E-state index in [1.54, 1.807) is 0 Å². The predicted octanol–water partition coefficient (Wildman–Crippen LogP) is 1.47. The Bertz CT molecular complexity index is 685.